The molecule has 0 radical (unpaired) electrons. The van der Waals surface area contributed by atoms with E-state index < -0.39 is 5.97 Å². The second kappa shape index (κ2) is 6.15. The van der Waals surface area contributed by atoms with Gasteiger partial charge < -0.3 is 4.74 Å². The van der Waals surface area contributed by atoms with Crippen molar-refractivity contribution in [2.75, 3.05) is 13.7 Å². The number of esters is 1. The number of methoxy groups -OCH3 is 1. The normalized spacial score (nSPS) is 16.9. The Kier molecular flexibility index (Phi) is 4.51. The van der Waals surface area contributed by atoms with Crippen LogP contribution in [0.1, 0.15) is 5.56 Å². The molecule has 104 valence electrons. The van der Waals surface area contributed by atoms with Crippen molar-refractivity contribution in [1.29, 1.82) is 0 Å². The van der Waals surface area contributed by atoms with Crippen LogP contribution in [0.15, 0.2) is 29.2 Å². The quantitative estimate of drug-likeness (QED) is 0.486. The topological polar surface area (TPSA) is 46.6 Å². The number of thioether (sulfide) groups is 1. The minimum Gasteiger partial charge on any atom is -0.468 e. The van der Waals surface area contributed by atoms with Crippen LogP contribution in [0.3, 0.4) is 0 Å². The molecule has 1 amide bonds. The SMILES string of the molecule is COC(=O)CN1C(=O)C(=Cc2cccc(F)c2)SC1=S. The van der Waals surface area contributed by atoms with Gasteiger partial charge in [-0.25, -0.2) is 4.39 Å². The fraction of sp³-hybridized carbons (Fsp3) is 0.154. The molecule has 20 heavy (non-hydrogen) atoms. The molecule has 0 aliphatic carbocycles. The summed E-state index contributed by atoms with van der Waals surface area (Å²) in [5, 5.41) is 0. The number of ether oxygens (including phenoxy) is 1. The van der Waals surface area contributed by atoms with E-state index in [0.29, 0.717) is 10.5 Å². The first-order valence-corrected chi connectivity index (χ1v) is 6.81. The Hall–Kier alpha value is -1.73. The summed E-state index contributed by atoms with van der Waals surface area (Å²) in [6.07, 6.45) is 1.54. The predicted octanol–water partition coefficient (Wildman–Crippen LogP) is 2.20. The number of rotatable bonds is 3. The zero-order valence-corrected chi connectivity index (χ0v) is 12.1. The highest BCUT2D eigenvalue weighted by Crippen LogP contribution is 2.32. The van der Waals surface area contributed by atoms with Gasteiger partial charge in [-0.3, -0.25) is 14.5 Å². The fourth-order valence-corrected chi connectivity index (χ4v) is 2.83. The van der Waals surface area contributed by atoms with E-state index in [2.05, 4.69) is 4.74 Å². The van der Waals surface area contributed by atoms with Crippen molar-refractivity contribution in [3.63, 3.8) is 0 Å². The Balaban J connectivity index is 2.21. The van der Waals surface area contributed by atoms with Crippen molar-refractivity contribution in [3.8, 4) is 0 Å². The Labute approximate surface area is 124 Å². The third kappa shape index (κ3) is 3.23. The van der Waals surface area contributed by atoms with Crippen molar-refractivity contribution in [1.82, 2.24) is 4.90 Å². The largest absolute Gasteiger partial charge is 0.468 e. The molecule has 1 saturated heterocycles. The molecule has 0 atom stereocenters. The number of amides is 1. The number of nitrogens with zero attached hydrogens (tertiary/aromatic N) is 1. The summed E-state index contributed by atoms with van der Waals surface area (Å²) in [4.78, 5) is 24.8. The molecular formula is C13H10FNO3S2. The van der Waals surface area contributed by atoms with E-state index in [0.717, 1.165) is 16.7 Å². The highest BCUT2D eigenvalue weighted by atomic mass is 32.2. The number of hydrogen-bond donors (Lipinski definition) is 0. The molecule has 4 nitrogen and oxygen atoms in total. The molecule has 0 saturated carbocycles. The maximum atomic E-state index is 13.1. The van der Waals surface area contributed by atoms with E-state index in [4.69, 9.17) is 12.2 Å². The molecule has 0 spiro atoms. The van der Waals surface area contributed by atoms with Crippen molar-refractivity contribution in [3.05, 3.63) is 40.6 Å². The molecule has 1 aliphatic rings. The zero-order valence-electron chi connectivity index (χ0n) is 10.5. The van der Waals surface area contributed by atoms with Gasteiger partial charge in [0.2, 0.25) is 0 Å². The number of carbonyl (C=O) groups is 2. The minimum absolute atomic E-state index is 0.221. The van der Waals surface area contributed by atoms with Gasteiger partial charge >= 0.3 is 5.97 Å². The Morgan fingerprint density at radius 2 is 2.30 bits per heavy atom. The molecule has 1 aromatic rings. The lowest BCUT2D eigenvalue weighted by atomic mass is 10.2. The average molecular weight is 311 g/mol. The van der Waals surface area contributed by atoms with Gasteiger partial charge in [-0.1, -0.05) is 36.1 Å². The summed E-state index contributed by atoms with van der Waals surface area (Å²) < 4.78 is 17.9. The molecule has 0 bridgehead atoms. The summed E-state index contributed by atoms with van der Waals surface area (Å²) in [7, 11) is 1.24. The van der Waals surface area contributed by atoms with Gasteiger partial charge in [-0.2, -0.15) is 0 Å². The number of halogens is 1. The number of benzene rings is 1. The van der Waals surface area contributed by atoms with Gasteiger partial charge in [0, 0.05) is 0 Å². The monoisotopic (exact) mass is 311 g/mol. The van der Waals surface area contributed by atoms with Gasteiger partial charge in [0.1, 0.15) is 16.7 Å². The van der Waals surface area contributed by atoms with E-state index >= 15 is 0 Å². The van der Waals surface area contributed by atoms with E-state index in [1.807, 2.05) is 0 Å². The summed E-state index contributed by atoms with van der Waals surface area (Å²) in [5.74, 6) is -1.31. The first kappa shape index (κ1) is 14.7. The molecule has 0 N–H and O–H groups in total. The van der Waals surface area contributed by atoms with Gasteiger partial charge in [0.15, 0.2) is 0 Å². The fourth-order valence-electron chi connectivity index (χ4n) is 1.58. The molecule has 1 aromatic carbocycles. The summed E-state index contributed by atoms with van der Waals surface area (Å²) >= 11 is 6.12. The second-order valence-electron chi connectivity index (χ2n) is 3.90. The van der Waals surface area contributed by atoms with E-state index in [1.165, 1.54) is 19.2 Å². The van der Waals surface area contributed by atoms with Crippen molar-refractivity contribution in [2.24, 2.45) is 0 Å². The minimum atomic E-state index is -0.548. The van der Waals surface area contributed by atoms with Gasteiger partial charge in [0.05, 0.1) is 12.0 Å². The van der Waals surface area contributed by atoms with Crippen LogP contribution < -0.4 is 0 Å². The van der Waals surface area contributed by atoms with Crippen LogP contribution in [0.5, 0.6) is 0 Å². The molecule has 7 heteroatoms. The molecule has 0 aromatic heterocycles. The molecule has 1 aliphatic heterocycles. The number of hydrogen-bond acceptors (Lipinski definition) is 5. The van der Waals surface area contributed by atoms with Crippen LogP contribution in [-0.4, -0.2) is 34.8 Å². The Morgan fingerprint density at radius 3 is 2.95 bits per heavy atom. The molecular weight excluding hydrogens is 301 g/mol. The first-order valence-electron chi connectivity index (χ1n) is 5.59. The second-order valence-corrected chi connectivity index (χ2v) is 5.57. The van der Waals surface area contributed by atoms with E-state index in [1.54, 1.807) is 18.2 Å². The maximum absolute atomic E-state index is 13.1. The molecule has 0 unspecified atom stereocenters. The Morgan fingerprint density at radius 1 is 1.55 bits per heavy atom. The summed E-state index contributed by atoms with van der Waals surface area (Å²) in [5.41, 5.74) is 0.559. The molecule has 1 heterocycles. The van der Waals surface area contributed by atoms with E-state index in [9.17, 15) is 14.0 Å². The Bertz CT molecular complexity index is 615. The lowest BCUT2D eigenvalue weighted by Gasteiger charge is -2.11. The highest BCUT2D eigenvalue weighted by Gasteiger charge is 2.33. The zero-order chi connectivity index (χ0) is 14.7. The van der Waals surface area contributed by atoms with Crippen LogP contribution in [0.25, 0.3) is 6.08 Å². The molecule has 2 rings (SSSR count). The third-order valence-corrected chi connectivity index (χ3v) is 3.91. The average Bonchev–Trinajstić information content (AvgIpc) is 2.66. The first-order chi connectivity index (χ1) is 9.51. The van der Waals surface area contributed by atoms with Gasteiger partial charge in [-0.05, 0) is 23.8 Å². The summed E-state index contributed by atoms with van der Waals surface area (Å²) in [6.45, 7) is -0.221. The predicted molar refractivity (Wildman–Crippen MR) is 78.3 cm³/mol. The van der Waals surface area contributed by atoms with Crippen molar-refractivity contribution >= 4 is 46.3 Å². The van der Waals surface area contributed by atoms with Crippen molar-refractivity contribution in [2.45, 2.75) is 0 Å². The highest BCUT2D eigenvalue weighted by molar-refractivity contribution is 8.26. The van der Waals surface area contributed by atoms with Crippen LogP contribution in [0.4, 0.5) is 4.39 Å². The van der Waals surface area contributed by atoms with Crippen molar-refractivity contribution < 1.29 is 18.7 Å². The number of carbonyl (C=O) groups excluding carboxylic acids is 2. The number of thiocarbonyl (C=S) groups is 1. The standard InChI is InChI=1S/C13H10FNO3S2/c1-18-11(16)7-15-12(17)10(20-13(15)19)6-8-3-2-4-9(14)5-8/h2-6H,7H2,1H3. The maximum Gasteiger partial charge on any atom is 0.325 e. The summed E-state index contributed by atoms with van der Waals surface area (Å²) in [6, 6.07) is 5.86. The van der Waals surface area contributed by atoms with Crippen LogP contribution in [0.2, 0.25) is 0 Å². The smallest absolute Gasteiger partial charge is 0.325 e. The van der Waals surface area contributed by atoms with Crippen LogP contribution in [-0.2, 0) is 14.3 Å². The van der Waals surface area contributed by atoms with Gasteiger partial charge in [-0.15, -0.1) is 0 Å². The lowest BCUT2D eigenvalue weighted by Crippen LogP contribution is -2.33. The van der Waals surface area contributed by atoms with E-state index in [-0.39, 0.29) is 22.6 Å². The lowest BCUT2D eigenvalue weighted by molar-refractivity contribution is -0.143. The van der Waals surface area contributed by atoms with Crippen LogP contribution >= 0.6 is 24.0 Å². The third-order valence-electron chi connectivity index (χ3n) is 2.53. The molecule has 1 fully saturated rings. The van der Waals surface area contributed by atoms with Crippen LogP contribution in [0, 0.1) is 5.82 Å². The van der Waals surface area contributed by atoms with Gasteiger partial charge in [0.25, 0.3) is 5.91 Å².